The van der Waals surface area contributed by atoms with Crippen LogP contribution in [0.3, 0.4) is 0 Å². The molecule has 0 aromatic heterocycles. The van der Waals surface area contributed by atoms with Gasteiger partial charge in [0.25, 0.3) is 5.91 Å². The highest BCUT2D eigenvalue weighted by molar-refractivity contribution is 5.81. The molecule has 0 aliphatic rings. The molecule has 4 heteroatoms. The summed E-state index contributed by atoms with van der Waals surface area (Å²) in [5, 5.41) is 12.5. The molecule has 0 heterocycles. The Morgan fingerprint density at radius 1 is 1.50 bits per heavy atom. The molecule has 3 N–H and O–H groups in total. The Balaban J connectivity index is 3.72. The van der Waals surface area contributed by atoms with Crippen molar-refractivity contribution >= 4 is 5.91 Å². The van der Waals surface area contributed by atoms with Gasteiger partial charge in [0, 0.05) is 0 Å². The third-order valence-electron chi connectivity index (χ3n) is 1.51. The summed E-state index contributed by atoms with van der Waals surface area (Å²) in [5.41, 5.74) is 5.52. The third kappa shape index (κ3) is 4.31. The lowest BCUT2D eigenvalue weighted by Crippen LogP contribution is -2.42. The van der Waals surface area contributed by atoms with Gasteiger partial charge in [0.1, 0.15) is 0 Å². The first-order valence-electron chi connectivity index (χ1n) is 4.10. The molecular weight excluding hydrogens is 156 g/mol. The molecule has 0 aromatic rings. The van der Waals surface area contributed by atoms with Crippen LogP contribution in [-0.4, -0.2) is 29.7 Å². The quantitative estimate of drug-likeness (QED) is 0.600. The summed E-state index contributed by atoms with van der Waals surface area (Å²) >= 11 is 0. The molecule has 0 fully saturated rings. The van der Waals surface area contributed by atoms with Gasteiger partial charge in [-0.25, -0.2) is 5.32 Å². The molecule has 2 atom stereocenters. The average molecular weight is 173 g/mol. The van der Waals surface area contributed by atoms with Crippen LogP contribution in [-0.2, 0) is 4.79 Å². The predicted octanol–water partition coefficient (Wildman–Crippen LogP) is -0.518. The first kappa shape index (κ1) is 11.4. The summed E-state index contributed by atoms with van der Waals surface area (Å²) < 4.78 is 0. The van der Waals surface area contributed by atoms with E-state index in [2.05, 4.69) is 5.32 Å². The molecule has 1 unspecified atom stereocenters. The Hall–Kier alpha value is -0.610. The van der Waals surface area contributed by atoms with Gasteiger partial charge in [0.2, 0.25) is 0 Å². The van der Waals surface area contributed by atoms with E-state index in [-0.39, 0.29) is 18.4 Å². The van der Waals surface area contributed by atoms with E-state index in [1.165, 1.54) is 0 Å². The van der Waals surface area contributed by atoms with Crippen LogP contribution in [0.2, 0.25) is 0 Å². The topological polar surface area (TPSA) is 77.4 Å². The summed E-state index contributed by atoms with van der Waals surface area (Å²) in [6.45, 7) is 5.44. The van der Waals surface area contributed by atoms with Crippen LogP contribution in [0, 0.1) is 5.92 Å². The van der Waals surface area contributed by atoms with E-state index in [4.69, 9.17) is 10.8 Å². The fraction of sp³-hybridized carbons (Fsp3) is 0.875. The minimum absolute atomic E-state index is 0.0928. The first-order chi connectivity index (χ1) is 5.45. The van der Waals surface area contributed by atoms with E-state index in [1.807, 2.05) is 13.8 Å². The Kier molecular flexibility index (Phi) is 4.85. The Labute approximate surface area is 73.1 Å². The summed E-state index contributed by atoms with van der Waals surface area (Å²) in [4.78, 5) is 11.1. The van der Waals surface area contributed by atoms with E-state index in [0.717, 1.165) is 0 Å². The highest BCUT2D eigenvalue weighted by Crippen LogP contribution is 1.98. The molecule has 0 bridgehead atoms. The summed E-state index contributed by atoms with van der Waals surface area (Å²) in [6.07, 6.45) is -0.576. The van der Waals surface area contributed by atoms with Crippen molar-refractivity contribution in [1.82, 2.24) is 5.32 Å². The van der Waals surface area contributed by atoms with Gasteiger partial charge in [-0.1, -0.05) is 13.8 Å². The van der Waals surface area contributed by atoms with E-state index in [0.29, 0.717) is 0 Å². The lowest BCUT2D eigenvalue weighted by atomic mass is 10.1. The molecule has 1 amide bonds. The van der Waals surface area contributed by atoms with Crippen molar-refractivity contribution in [3.8, 4) is 0 Å². The molecule has 0 rings (SSSR count). The Bertz CT molecular complexity index is 146. The van der Waals surface area contributed by atoms with Gasteiger partial charge < -0.3 is 10.8 Å². The van der Waals surface area contributed by atoms with Gasteiger partial charge >= 0.3 is 0 Å². The van der Waals surface area contributed by atoms with E-state index in [1.54, 1.807) is 6.92 Å². The zero-order chi connectivity index (χ0) is 9.72. The van der Waals surface area contributed by atoms with Crippen LogP contribution in [0.25, 0.3) is 0 Å². The molecule has 12 heavy (non-hydrogen) atoms. The predicted molar refractivity (Wildman–Crippen MR) is 46.5 cm³/mol. The molecule has 0 spiro atoms. The number of amides is 1. The van der Waals surface area contributed by atoms with Gasteiger partial charge in [-0.2, -0.15) is 0 Å². The molecule has 0 aliphatic heterocycles. The second-order valence-electron chi connectivity index (χ2n) is 3.30. The summed E-state index contributed by atoms with van der Waals surface area (Å²) in [6, 6.07) is -0.538. The maximum Gasteiger partial charge on any atom is 0.258 e. The second kappa shape index (κ2) is 5.11. The number of hydrogen-bond donors (Lipinski definition) is 2. The number of carbonyl (C=O) groups is 1. The SMILES string of the molecule is CC(C)C(N)C(=O)[N]C[C@@H](C)O. The number of nitrogens with two attached hydrogens (primary N) is 1. The molecule has 0 aliphatic carbocycles. The fourth-order valence-electron chi connectivity index (χ4n) is 0.613. The number of nitrogens with zero attached hydrogens (tertiary/aromatic N) is 1. The fourth-order valence-corrected chi connectivity index (χ4v) is 0.613. The number of carbonyl (C=O) groups excluding carboxylic acids is 1. The van der Waals surface area contributed by atoms with Gasteiger partial charge in [-0.3, -0.25) is 4.79 Å². The largest absolute Gasteiger partial charge is 0.391 e. The lowest BCUT2D eigenvalue weighted by molar-refractivity contribution is -0.124. The van der Waals surface area contributed by atoms with Crippen molar-refractivity contribution in [3.05, 3.63) is 0 Å². The Morgan fingerprint density at radius 3 is 2.33 bits per heavy atom. The molecule has 0 aromatic carbocycles. The van der Waals surface area contributed by atoms with Gasteiger partial charge in [-0.15, -0.1) is 0 Å². The van der Waals surface area contributed by atoms with E-state index < -0.39 is 12.1 Å². The first-order valence-corrected chi connectivity index (χ1v) is 4.10. The molecule has 1 radical (unpaired) electrons. The van der Waals surface area contributed by atoms with Gasteiger partial charge in [0.15, 0.2) is 0 Å². The van der Waals surface area contributed by atoms with Crippen LogP contribution in [0.15, 0.2) is 0 Å². The minimum Gasteiger partial charge on any atom is -0.391 e. The van der Waals surface area contributed by atoms with E-state index in [9.17, 15) is 4.79 Å². The highest BCUT2D eigenvalue weighted by Gasteiger charge is 2.18. The van der Waals surface area contributed by atoms with Crippen LogP contribution in [0.4, 0.5) is 0 Å². The second-order valence-corrected chi connectivity index (χ2v) is 3.30. The molecule has 4 nitrogen and oxygen atoms in total. The zero-order valence-corrected chi connectivity index (χ0v) is 7.82. The van der Waals surface area contributed by atoms with E-state index >= 15 is 0 Å². The van der Waals surface area contributed by atoms with Crippen molar-refractivity contribution in [2.75, 3.05) is 6.54 Å². The number of aliphatic hydroxyl groups is 1. The van der Waals surface area contributed by atoms with Crippen molar-refractivity contribution < 1.29 is 9.90 Å². The Morgan fingerprint density at radius 2 is 2.00 bits per heavy atom. The monoisotopic (exact) mass is 173 g/mol. The van der Waals surface area contributed by atoms with Crippen LogP contribution in [0.1, 0.15) is 20.8 Å². The normalized spacial score (nSPS) is 15.8. The number of hydrogen-bond acceptors (Lipinski definition) is 3. The standard InChI is InChI=1S/C8H17N2O2/c1-5(2)7(9)8(12)10-4-6(3)11/h5-7,11H,4,9H2,1-3H3/t6-,7?/m1/s1. The highest BCUT2D eigenvalue weighted by atomic mass is 16.3. The molecule has 0 saturated carbocycles. The van der Waals surface area contributed by atoms with Crippen molar-refractivity contribution in [1.29, 1.82) is 0 Å². The molecule has 0 saturated heterocycles. The third-order valence-corrected chi connectivity index (χ3v) is 1.51. The summed E-state index contributed by atoms with van der Waals surface area (Å²) in [5.74, 6) is -0.235. The minimum atomic E-state index is -0.576. The maximum atomic E-state index is 11.1. The number of rotatable bonds is 4. The van der Waals surface area contributed by atoms with Crippen LogP contribution >= 0.6 is 0 Å². The van der Waals surface area contributed by atoms with Crippen molar-refractivity contribution in [2.45, 2.75) is 32.9 Å². The molecular formula is C8H17N2O2. The smallest absolute Gasteiger partial charge is 0.258 e. The average Bonchev–Trinajstić information content (AvgIpc) is 1.98. The summed E-state index contributed by atoms with van der Waals surface area (Å²) in [7, 11) is 0. The van der Waals surface area contributed by atoms with Crippen molar-refractivity contribution in [2.24, 2.45) is 11.7 Å². The lowest BCUT2D eigenvalue weighted by Gasteiger charge is -2.13. The van der Waals surface area contributed by atoms with Crippen molar-refractivity contribution in [3.63, 3.8) is 0 Å². The maximum absolute atomic E-state index is 11.1. The van der Waals surface area contributed by atoms with Gasteiger partial charge in [0.05, 0.1) is 18.7 Å². The zero-order valence-electron chi connectivity index (χ0n) is 7.82. The van der Waals surface area contributed by atoms with Gasteiger partial charge in [-0.05, 0) is 12.8 Å². The number of aliphatic hydroxyl groups excluding tert-OH is 1. The molecule has 71 valence electrons. The van der Waals surface area contributed by atoms with Crippen LogP contribution in [0.5, 0.6) is 0 Å². The van der Waals surface area contributed by atoms with Crippen LogP contribution < -0.4 is 11.1 Å².